The Kier molecular flexibility index (Phi) is 6.22. The van der Waals surface area contributed by atoms with Crippen LogP contribution in [0.3, 0.4) is 0 Å². The number of esters is 2. The van der Waals surface area contributed by atoms with Gasteiger partial charge in [-0.1, -0.05) is 11.3 Å². The van der Waals surface area contributed by atoms with Crippen LogP contribution in [0.5, 0.6) is 11.5 Å². The molecule has 10 heteroatoms. The maximum atomic E-state index is 12.9. The van der Waals surface area contributed by atoms with Gasteiger partial charge in [0.15, 0.2) is 16.3 Å². The van der Waals surface area contributed by atoms with Crippen LogP contribution in [0.2, 0.25) is 0 Å². The van der Waals surface area contributed by atoms with Crippen LogP contribution in [0.25, 0.3) is 10.2 Å². The van der Waals surface area contributed by atoms with E-state index in [1.54, 1.807) is 54.8 Å². The highest BCUT2D eigenvalue weighted by atomic mass is 32.1. The SMILES string of the molecule is CCOC(=O)Cn1c(=NC(=O)c2ccc3c(c2)OCO3)sc2cc(C(=O)OCC)ccc21. The summed E-state index contributed by atoms with van der Waals surface area (Å²) < 4.78 is 23.0. The molecule has 0 saturated heterocycles. The van der Waals surface area contributed by atoms with Crippen molar-refractivity contribution >= 4 is 39.4 Å². The molecule has 1 aliphatic rings. The Morgan fingerprint density at radius 2 is 1.75 bits per heavy atom. The largest absolute Gasteiger partial charge is 0.465 e. The second-order valence-electron chi connectivity index (χ2n) is 6.66. The molecule has 1 aromatic heterocycles. The van der Waals surface area contributed by atoms with Crippen molar-refractivity contribution in [2.24, 2.45) is 4.99 Å². The Morgan fingerprint density at radius 3 is 2.53 bits per heavy atom. The number of rotatable bonds is 6. The molecular weight excluding hydrogens is 436 g/mol. The summed E-state index contributed by atoms with van der Waals surface area (Å²) in [6, 6.07) is 9.77. The molecule has 0 spiro atoms. The van der Waals surface area contributed by atoms with Crippen molar-refractivity contribution in [1.29, 1.82) is 0 Å². The fourth-order valence-corrected chi connectivity index (χ4v) is 4.24. The van der Waals surface area contributed by atoms with E-state index in [0.717, 1.165) is 0 Å². The summed E-state index contributed by atoms with van der Waals surface area (Å²) in [5, 5.41) is 0. The first-order chi connectivity index (χ1) is 15.5. The van der Waals surface area contributed by atoms with E-state index < -0.39 is 17.8 Å². The first-order valence-corrected chi connectivity index (χ1v) is 10.8. The minimum absolute atomic E-state index is 0.1000. The standard InChI is InChI=1S/C22H20N2O7S/c1-3-28-19(25)11-24-15-7-5-14(21(27)29-4-2)10-18(15)32-22(24)23-20(26)13-6-8-16-17(9-13)31-12-30-16/h5-10H,3-4,11-12H2,1-2H3. The third-order valence-corrected chi connectivity index (χ3v) is 5.64. The van der Waals surface area contributed by atoms with Gasteiger partial charge in [0.05, 0.1) is 29.0 Å². The summed E-state index contributed by atoms with van der Waals surface area (Å²) in [5.74, 6) is -0.375. The van der Waals surface area contributed by atoms with Crippen LogP contribution in [0.4, 0.5) is 0 Å². The number of hydrogen-bond donors (Lipinski definition) is 0. The topological polar surface area (TPSA) is 105 Å². The maximum absolute atomic E-state index is 12.9. The van der Waals surface area contributed by atoms with Gasteiger partial charge in [-0.2, -0.15) is 4.99 Å². The predicted molar refractivity (Wildman–Crippen MR) is 115 cm³/mol. The van der Waals surface area contributed by atoms with E-state index >= 15 is 0 Å². The highest BCUT2D eigenvalue weighted by molar-refractivity contribution is 7.16. The van der Waals surface area contributed by atoms with Gasteiger partial charge in [0, 0.05) is 5.56 Å². The summed E-state index contributed by atoms with van der Waals surface area (Å²) >= 11 is 1.19. The van der Waals surface area contributed by atoms with Crippen LogP contribution < -0.4 is 14.3 Å². The number of aromatic nitrogens is 1. The van der Waals surface area contributed by atoms with Crippen LogP contribution in [-0.4, -0.2) is 42.4 Å². The van der Waals surface area contributed by atoms with E-state index in [1.807, 2.05) is 0 Å². The molecule has 2 heterocycles. The normalized spacial score (nSPS) is 12.8. The van der Waals surface area contributed by atoms with Crippen molar-refractivity contribution in [2.45, 2.75) is 20.4 Å². The van der Waals surface area contributed by atoms with E-state index in [0.29, 0.717) is 37.6 Å². The molecule has 166 valence electrons. The maximum Gasteiger partial charge on any atom is 0.338 e. The average Bonchev–Trinajstić information content (AvgIpc) is 3.37. The lowest BCUT2D eigenvalue weighted by atomic mass is 10.2. The summed E-state index contributed by atoms with van der Waals surface area (Å²) in [6.45, 7) is 3.91. The van der Waals surface area contributed by atoms with Crippen molar-refractivity contribution in [3.8, 4) is 11.5 Å². The Morgan fingerprint density at radius 1 is 1.00 bits per heavy atom. The molecule has 3 aromatic rings. The number of carbonyl (C=O) groups is 3. The molecule has 0 atom stereocenters. The molecular formula is C22H20N2O7S. The number of amides is 1. The van der Waals surface area contributed by atoms with Crippen LogP contribution in [0.1, 0.15) is 34.6 Å². The first kappa shape index (κ1) is 21.6. The molecule has 0 saturated carbocycles. The molecule has 0 N–H and O–H groups in total. The number of benzene rings is 2. The fraction of sp³-hybridized carbons (Fsp3) is 0.273. The van der Waals surface area contributed by atoms with Gasteiger partial charge in [-0.15, -0.1) is 0 Å². The minimum Gasteiger partial charge on any atom is -0.465 e. The number of fused-ring (bicyclic) bond motifs is 2. The van der Waals surface area contributed by atoms with Crippen LogP contribution in [0.15, 0.2) is 41.4 Å². The number of carbonyl (C=O) groups excluding carboxylic acids is 3. The lowest BCUT2D eigenvalue weighted by Crippen LogP contribution is -2.23. The number of thiazole rings is 1. The molecule has 4 rings (SSSR count). The Labute approximate surface area is 186 Å². The highest BCUT2D eigenvalue weighted by Gasteiger charge is 2.18. The Balaban J connectivity index is 1.77. The van der Waals surface area contributed by atoms with Crippen molar-refractivity contribution in [3.63, 3.8) is 0 Å². The Bertz CT molecular complexity index is 1280. The van der Waals surface area contributed by atoms with E-state index in [2.05, 4.69) is 4.99 Å². The molecule has 9 nitrogen and oxygen atoms in total. The fourth-order valence-electron chi connectivity index (χ4n) is 3.17. The predicted octanol–water partition coefficient (Wildman–Crippen LogP) is 2.91. The number of hydrogen-bond acceptors (Lipinski definition) is 8. The first-order valence-electron chi connectivity index (χ1n) is 9.95. The molecule has 2 aromatic carbocycles. The van der Waals surface area contributed by atoms with Crippen molar-refractivity contribution in [2.75, 3.05) is 20.0 Å². The van der Waals surface area contributed by atoms with E-state index in [9.17, 15) is 14.4 Å². The second kappa shape index (κ2) is 9.23. The van der Waals surface area contributed by atoms with Crippen LogP contribution in [-0.2, 0) is 20.8 Å². The van der Waals surface area contributed by atoms with Gasteiger partial charge in [-0.25, -0.2) is 4.79 Å². The van der Waals surface area contributed by atoms with E-state index in [1.165, 1.54) is 11.3 Å². The van der Waals surface area contributed by atoms with Gasteiger partial charge < -0.3 is 23.5 Å². The lowest BCUT2D eigenvalue weighted by molar-refractivity contribution is -0.143. The zero-order valence-corrected chi connectivity index (χ0v) is 18.3. The zero-order chi connectivity index (χ0) is 22.7. The molecule has 0 fully saturated rings. The van der Waals surface area contributed by atoms with Gasteiger partial charge in [0.2, 0.25) is 6.79 Å². The van der Waals surface area contributed by atoms with Crippen LogP contribution >= 0.6 is 11.3 Å². The quantitative estimate of drug-likeness (QED) is 0.525. The smallest absolute Gasteiger partial charge is 0.338 e. The monoisotopic (exact) mass is 456 g/mol. The highest BCUT2D eigenvalue weighted by Crippen LogP contribution is 2.32. The van der Waals surface area contributed by atoms with E-state index in [-0.39, 0.29) is 26.6 Å². The molecule has 0 aliphatic carbocycles. The van der Waals surface area contributed by atoms with Crippen LogP contribution in [0, 0.1) is 0 Å². The average molecular weight is 456 g/mol. The molecule has 1 amide bonds. The van der Waals surface area contributed by atoms with Gasteiger partial charge in [0.25, 0.3) is 5.91 Å². The van der Waals surface area contributed by atoms with Gasteiger partial charge >= 0.3 is 11.9 Å². The molecule has 0 bridgehead atoms. The summed E-state index contributed by atoms with van der Waals surface area (Å²) in [7, 11) is 0. The van der Waals surface area contributed by atoms with E-state index in [4.69, 9.17) is 18.9 Å². The van der Waals surface area contributed by atoms with Gasteiger partial charge in [0.1, 0.15) is 6.54 Å². The second-order valence-corrected chi connectivity index (χ2v) is 7.67. The minimum atomic E-state index is -0.502. The molecule has 1 aliphatic heterocycles. The zero-order valence-electron chi connectivity index (χ0n) is 17.5. The van der Waals surface area contributed by atoms with Gasteiger partial charge in [-0.05, 0) is 50.2 Å². The number of nitrogens with zero attached hydrogens (tertiary/aromatic N) is 2. The third-order valence-electron chi connectivity index (χ3n) is 4.60. The van der Waals surface area contributed by atoms with Crippen molar-refractivity contribution in [1.82, 2.24) is 4.57 Å². The van der Waals surface area contributed by atoms with Gasteiger partial charge in [-0.3, -0.25) is 9.59 Å². The molecule has 32 heavy (non-hydrogen) atoms. The molecule has 0 unspecified atom stereocenters. The molecule has 0 radical (unpaired) electrons. The summed E-state index contributed by atoms with van der Waals surface area (Å²) in [4.78, 5) is 41.7. The third kappa shape index (κ3) is 4.35. The summed E-state index contributed by atoms with van der Waals surface area (Å²) in [5.41, 5.74) is 1.34. The number of ether oxygens (including phenoxy) is 4. The van der Waals surface area contributed by atoms with Crippen molar-refractivity contribution < 1.29 is 33.3 Å². The Hall–Kier alpha value is -3.66. The lowest BCUT2D eigenvalue weighted by Gasteiger charge is -2.06. The summed E-state index contributed by atoms with van der Waals surface area (Å²) in [6.07, 6.45) is 0. The van der Waals surface area contributed by atoms with Crippen molar-refractivity contribution in [3.05, 3.63) is 52.3 Å².